The maximum Gasteiger partial charge on any atom is 0.136 e. The molecular weight excluding hydrogens is 514 g/mol. The number of aliphatic imine (C=N–C) groups is 1. The SMILES string of the molecule is N=C(c1ccccc1)c1ccccc1N=Cc1ccc(Nc2cc3c(cc2-c2ccccc2)oc2ccccc23)cc1. The highest BCUT2D eigenvalue weighted by atomic mass is 16.3. The van der Waals surface area contributed by atoms with Crippen LogP contribution in [-0.2, 0) is 0 Å². The van der Waals surface area contributed by atoms with Gasteiger partial charge in [0.1, 0.15) is 11.2 Å². The molecule has 200 valence electrons. The van der Waals surface area contributed by atoms with Crippen molar-refractivity contribution in [3.8, 4) is 11.1 Å². The third-order valence-electron chi connectivity index (χ3n) is 7.38. The quantitative estimate of drug-likeness (QED) is 0.197. The molecule has 0 spiro atoms. The number of hydrogen-bond acceptors (Lipinski definition) is 4. The van der Waals surface area contributed by atoms with Gasteiger partial charge in [0, 0.05) is 45.1 Å². The highest BCUT2D eigenvalue weighted by Crippen LogP contribution is 2.38. The van der Waals surface area contributed by atoms with Crippen LogP contribution in [0.3, 0.4) is 0 Å². The zero-order valence-electron chi connectivity index (χ0n) is 22.8. The van der Waals surface area contributed by atoms with Crippen LogP contribution in [0.5, 0.6) is 0 Å². The predicted octanol–water partition coefficient (Wildman–Crippen LogP) is 10.2. The first-order valence-corrected chi connectivity index (χ1v) is 13.9. The molecule has 0 aliphatic carbocycles. The molecule has 0 saturated heterocycles. The first kappa shape index (κ1) is 25.2. The van der Waals surface area contributed by atoms with Gasteiger partial charge in [0.25, 0.3) is 0 Å². The van der Waals surface area contributed by atoms with E-state index in [9.17, 15) is 0 Å². The van der Waals surface area contributed by atoms with Gasteiger partial charge < -0.3 is 9.73 Å². The minimum atomic E-state index is 0.458. The van der Waals surface area contributed by atoms with E-state index >= 15 is 0 Å². The summed E-state index contributed by atoms with van der Waals surface area (Å²) in [6.45, 7) is 0. The Balaban J connectivity index is 1.18. The second-order valence-electron chi connectivity index (χ2n) is 10.1. The summed E-state index contributed by atoms with van der Waals surface area (Å²) in [7, 11) is 0. The van der Waals surface area contributed by atoms with Crippen molar-refractivity contribution in [2.24, 2.45) is 4.99 Å². The Morgan fingerprint density at radius 2 is 1.33 bits per heavy atom. The zero-order chi connectivity index (χ0) is 28.3. The molecule has 7 aromatic rings. The van der Waals surface area contributed by atoms with Crippen LogP contribution in [0.1, 0.15) is 16.7 Å². The molecule has 7 rings (SSSR count). The molecule has 0 aliphatic heterocycles. The van der Waals surface area contributed by atoms with Crippen LogP contribution in [-0.4, -0.2) is 11.9 Å². The van der Waals surface area contributed by atoms with Gasteiger partial charge in [0.15, 0.2) is 0 Å². The fourth-order valence-electron chi connectivity index (χ4n) is 5.24. The maximum atomic E-state index is 8.71. The summed E-state index contributed by atoms with van der Waals surface area (Å²) in [5.41, 5.74) is 9.79. The van der Waals surface area contributed by atoms with E-state index in [1.165, 1.54) is 0 Å². The van der Waals surface area contributed by atoms with Crippen molar-refractivity contribution in [1.82, 2.24) is 0 Å². The molecule has 0 bridgehead atoms. The van der Waals surface area contributed by atoms with Crippen molar-refractivity contribution in [2.75, 3.05) is 5.32 Å². The van der Waals surface area contributed by atoms with E-state index in [2.05, 4.69) is 59.9 Å². The molecule has 0 atom stereocenters. The van der Waals surface area contributed by atoms with E-state index in [0.29, 0.717) is 5.71 Å². The molecule has 0 saturated carbocycles. The van der Waals surface area contributed by atoms with E-state index < -0.39 is 0 Å². The minimum absolute atomic E-state index is 0.458. The number of fused-ring (bicyclic) bond motifs is 3. The van der Waals surface area contributed by atoms with Crippen molar-refractivity contribution in [3.05, 3.63) is 162 Å². The molecule has 42 heavy (non-hydrogen) atoms. The van der Waals surface area contributed by atoms with Crippen molar-refractivity contribution < 1.29 is 4.42 Å². The van der Waals surface area contributed by atoms with E-state index in [-0.39, 0.29) is 0 Å². The Bertz CT molecular complexity index is 2060. The van der Waals surface area contributed by atoms with Crippen molar-refractivity contribution in [2.45, 2.75) is 0 Å². The molecular formula is C38H27N3O. The maximum absolute atomic E-state index is 8.71. The highest BCUT2D eigenvalue weighted by Gasteiger charge is 2.14. The lowest BCUT2D eigenvalue weighted by Gasteiger charge is -2.13. The zero-order valence-corrected chi connectivity index (χ0v) is 22.8. The molecule has 4 nitrogen and oxygen atoms in total. The smallest absolute Gasteiger partial charge is 0.136 e. The van der Waals surface area contributed by atoms with Crippen LogP contribution < -0.4 is 5.32 Å². The third-order valence-corrected chi connectivity index (χ3v) is 7.38. The summed E-state index contributed by atoms with van der Waals surface area (Å²) >= 11 is 0. The van der Waals surface area contributed by atoms with Crippen LogP contribution in [0.15, 0.2) is 155 Å². The van der Waals surface area contributed by atoms with Crippen LogP contribution >= 0.6 is 0 Å². The van der Waals surface area contributed by atoms with Gasteiger partial charge >= 0.3 is 0 Å². The van der Waals surface area contributed by atoms with E-state index in [0.717, 1.165) is 66.8 Å². The van der Waals surface area contributed by atoms with Crippen molar-refractivity contribution >= 4 is 50.9 Å². The third kappa shape index (κ3) is 4.98. The van der Waals surface area contributed by atoms with Crippen LogP contribution in [0, 0.1) is 5.41 Å². The number of rotatable bonds is 7. The fourth-order valence-corrected chi connectivity index (χ4v) is 5.24. The normalized spacial score (nSPS) is 11.3. The second-order valence-corrected chi connectivity index (χ2v) is 10.1. The number of furan rings is 1. The van der Waals surface area contributed by atoms with Crippen LogP contribution in [0.25, 0.3) is 33.1 Å². The van der Waals surface area contributed by atoms with E-state index in [1.807, 2.05) is 97.2 Å². The van der Waals surface area contributed by atoms with Gasteiger partial charge in [-0.3, -0.25) is 10.4 Å². The molecule has 0 fully saturated rings. The van der Waals surface area contributed by atoms with Gasteiger partial charge in [-0.15, -0.1) is 0 Å². The van der Waals surface area contributed by atoms with Gasteiger partial charge in [-0.1, -0.05) is 109 Å². The monoisotopic (exact) mass is 541 g/mol. The molecule has 1 heterocycles. The Hall–Kier alpha value is -5.74. The Kier molecular flexibility index (Phi) is 6.63. The number of hydrogen-bond donors (Lipinski definition) is 2. The summed E-state index contributed by atoms with van der Waals surface area (Å²) in [6, 6.07) is 48.6. The topological polar surface area (TPSA) is 61.4 Å². The molecule has 1 aromatic heterocycles. The van der Waals surface area contributed by atoms with Gasteiger partial charge in [-0.25, -0.2) is 0 Å². The molecule has 0 unspecified atom stereocenters. The molecule has 2 N–H and O–H groups in total. The Morgan fingerprint density at radius 3 is 2.14 bits per heavy atom. The predicted molar refractivity (Wildman–Crippen MR) is 175 cm³/mol. The first-order chi connectivity index (χ1) is 20.7. The number of nitrogens with zero attached hydrogens (tertiary/aromatic N) is 1. The molecule has 6 aromatic carbocycles. The van der Waals surface area contributed by atoms with Crippen molar-refractivity contribution in [1.29, 1.82) is 5.41 Å². The van der Waals surface area contributed by atoms with Gasteiger partial charge in [-0.05, 0) is 47.5 Å². The summed E-state index contributed by atoms with van der Waals surface area (Å²) < 4.78 is 6.19. The summed E-state index contributed by atoms with van der Waals surface area (Å²) in [4.78, 5) is 4.75. The largest absolute Gasteiger partial charge is 0.456 e. The average molecular weight is 542 g/mol. The Morgan fingerprint density at radius 1 is 0.643 bits per heavy atom. The van der Waals surface area contributed by atoms with Crippen molar-refractivity contribution in [3.63, 3.8) is 0 Å². The molecule has 4 heteroatoms. The van der Waals surface area contributed by atoms with Gasteiger partial charge in [-0.2, -0.15) is 0 Å². The number of benzene rings is 6. The first-order valence-electron chi connectivity index (χ1n) is 13.9. The van der Waals surface area contributed by atoms with Gasteiger partial charge in [0.05, 0.1) is 11.4 Å². The number of anilines is 2. The van der Waals surface area contributed by atoms with E-state index in [1.54, 1.807) is 0 Å². The minimum Gasteiger partial charge on any atom is -0.456 e. The number of para-hydroxylation sites is 2. The lowest BCUT2D eigenvalue weighted by atomic mass is 10.0. The number of nitrogens with one attached hydrogen (secondary N) is 2. The van der Waals surface area contributed by atoms with Crippen LogP contribution in [0.4, 0.5) is 17.1 Å². The second kappa shape index (κ2) is 11.0. The molecule has 0 aliphatic rings. The lowest BCUT2D eigenvalue weighted by Crippen LogP contribution is -2.01. The highest BCUT2D eigenvalue weighted by molar-refractivity contribution is 6.14. The van der Waals surface area contributed by atoms with Gasteiger partial charge in [0.2, 0.25) is 0 Å². The lowest BCUT2D eigenvalue weighted by molar-refractivity contribution is 0.669. The van der Waals surface area contributed by atoms with Crippen LogP contribution in [0.2, 0.25) is 0 Å². The summed E-state index contributed by atoms with van der Waals surface area (Å²) in [5.74, 6) is 0. The summed E-state index contributed by atoms with van der Waals surface area (Å²) in [6.07, 6.45) is 1.85. The Labute approximate surface area is 244 Å². The standard InChI is InChI=1S/C38H27N3O/c39-38(28-13-5-2-6-14-28)31-16-7-9-17-34(31)40-25-26-19-21-29(22-20-26)41-35-23-33-30-15-8-10-18-36(30)42-37(33)24-32(35)27-11-3-1-4-12-27/h1-25,39,41H. The average Bonchev–Trinajstić information content (AvgIpc) is 3.42. The van der Waals surface area contributed by atoms with E-state index in [4.69, 9.17) is 14.8 Å². The molecule has 0 radical (unpaired) electrons. The molecule has 0 amide bonds. The summed E-state index contributed by atoms with van der Waals surface area (Å²) in [5, 5.41) is 14.5. The fraction of sp³-hybridized carbons (Fsp3) is 0.